The van der Waals surface area contributed by atoms with Gasteiger partial charge in [-0.3, -0.25) is 9.59 Å². The first-order valence-corrected chi connectivity index (χ1v) is 12.4. The van der Waals surface area contributed by atoms with Gasteiger partial charge in [0.05, 0.1) is 13.2 Å². The van der Waals surface area contributed by atoms with Crippen LogP contribution < -0.4 is 25.0 Å². The Morgan fingerprint density at radius 3 is 2.58 bits per heavy atom. The molecule has 0 bridgehead atoms. The number of nitrogens with one attached hydrogen (secondary N) is 1. The molecule has 38 heavy (non-hydrogen) atoms. The molecule has 8 heteroatoms. The van der Waals surface area contributed by atoms with E-state index in [-0.39, 0.29) is 46.8 Å². The van der Waals surface area contributed by atoms with E-state index in [0.717, 1.165) is 19.3 Å². The predicted molar refractivity (Wildman–Crippen MR) is 145 cm³/mol. The number of carbonyl (C=O) groups excluding carboxylic acids is 1. The summed E-state index contributed by atoms with van der Waals surface area (Å²) >= 11 is 0. The van der Waals surface area contributed by atoms with Gasteiger partial charge in [-0.25, -0.2) is 0 Å². The number of likely N-dealkylation sites (N-methyl/N-ethyl adjacent to an activating group) is 1. The van der Waals surface area contributed by atoms with Crippen LogP contribution in [-0.4, -0.2) is 37.9 Å². The van der Waals surface area contributed by atoms with Crippen LogP contribution >= 0.6 is 0 Å². The Bertz CT molecular complexity index is 1460. The highest BCUT2D eigenvalue weighted by molar-refractivity contribution is 5.86. The Balaban J connectivity index is 1.56. The first kappa shape index (κ1) is 26.6. The van der Waals surface area contributed by atoms with Gasteiger partial charge in [-0.05, 0) is 49.9 Å². The molecule has 3 aromatic carbocycles. The maximum absolute atomic E-state index is 12.9. The lowest BCUT2D eigenvalue weighted by Crippen LogP contribution is -2.24. The van der Waals surface area contributed by atoms with Crippen LogP contribution in [0, 0.1) is 0 Å². The van der Waals surface area contributed by atoms with Crippen molar-refractivity contribution in [2.24, 2.45) is 0 Å². The number of carbonyl (C=O) groups is 1. The molecule has 1 unspecified atom stereocenters. The van der Waals surface area contributed by atoms with Crippen LogP contribution in [0.25, 0.3) is 22.3 Å². The molecule has 4 rings (SSSR count). The molecule has 0 aliphatic rings. The summed E-state index contributed by atoms with van der Waals surface area (Å²) in [5.41, 5.74) is 1.61. The van der Waals surface area contributed by atoms with Gasteiger partial charge in [0.1, 0.15) is 28.2 Å². The number of hydrogen-bond donors (Lipinski definition) is 2. The minimum Gasteiger partial charge on any atom is -0.507 e. The second-order valence-corrected chi connectivity index (χ2v) is 8.92. The summed E-state index contributed by atoms with van der Waals surface area (Å²) in [5.74, 6) is 0.953. The zero-order chi connectivity index (χ0) is 27.1. The molecule has 0 spiro atoms. The number of aryl methyl sites for hydroxylation is 1. The molecule has 0 fully saturated rings. The quantitative estimate of drug-likeness (QED) is 0.285. The first-order valence-electron chi connectivity index (χ1n) is 12.4. The number of amides is 1. The van der Waals surface area contributed by atoms with E-state index in [2.05, 4.69) is 17.4 Å². The van der Waals surface area contributed by atoms with Gasteiger partial charge in [-0.15, -0.1) is 0 Å². The fourth-order valence-corrected chi connectivity index (χ4v) is 4.13. The molecule has 198 valence electrons. The average molecular weight is 518 g/mol. The van der Waals surface area contributed by atoms with Crippen LogP contribution in [0.5, 0.6) is 23.0 Å². The number of fused-ring (bicyclic) bond motifs is 1. The smallest absolute Gasteiger partial charge is 0.257 e. The van der Waals surface area contributed by atoms with E-state index in [0.29, 0.717) is 17.1 Å². The Labute approximate surface area is 220 Å². The van der Waals surface area contributed by atoms with Crippen LogP contribution in [-0.2, 0) is 11.2 Å². The van der Waals surface area contributed by atoms with Crippen molar-refractivity contribution in [3.8, 4) is 34.3 Å². The maximum Gasteiger partial charge on any atom is 0.257 e. The van der Waals surface area contributed by atoms with Crippen LogP contribution in [0.4, 0.5) is 0 Å². The fraction of sp³-hybridized carbons (Fsp3) is 0.267. The molecule has 0 saturated carbocycles. The summed E-state index contributed by atoms with van der Waals surface area (Å²) in [6, 6.07) is 19.7. The number of hydrogen-bond acceptors (Lipinski definition) is 7. The third-order valence-electron chi connectivity index (χ3n) is 6.13. The van der Waals surface area contributed by atoms with Gasteiger partial charge in [0.2, 0.25) is 0 Å². The minimum atomic E-state index is -0.413. The van der Waals surface area contributed by atoms with Crippen LogP contribution in [0.1, 0.15) is 25.3 Å². The molecular weight excluding hydrogens is 486 g/mol. The maximum atomic E-state index is 12.9. The van der Waals surface area contributed by atoms with Crippen molar-refractivity contribution in [2.45, 2.75) is 32.3 Å². The van der Waals surface area contributed by atoms with Gasteiger partial charge in [-0.1, -0.05) is 30.3 Å². The average Bonchev–Trinajstić information content (AvgIpc) is 2.91. The molecule has 1 atom stereocenters. The van der Waals surface area contributed by atoms with E-state index in [1.165, 1.54) is 30.8 Å². The van der Waals surface area contributed by atoms with Crippen molar-refractivity contribution < 1.29 is 28.5 Å². The van der Waals surface area contributed by atoms with Crippen LogP contribution in [0.15, 0.2) is 75.9 Å². The van der Waals surface area contributed by atoms with E-state index in [1.54, 1.807) is 25.3 Å². The van der Waals surface area contributed by atoms with Gasteiger partial charge in [-0.2, -0.15) is 0 Å². The van der Waals surface area contributed by atoms with Crippen LogP contribution in [0.2, 0.25) is 0 Å². The SMILES string of the molecule is CNC(=O)COc1cc(O)c2c(=O)cc(-c3ccc(OC)c(OC(C)CCCc4ccccc4)c3)oc2c1. The summed E-state index contributed by atoms with van der Waals surface area (Å²) in [4.78, 5) is 24.4. The highest BCUT2D eigenvalue weighted by Crippen LogP contribution is 2.36. The molecule has 0 saturated heterocycles. The van der Waals surface area contributed by atoms with Crippen molar-refractivity contribution in [3.63, 3.8) is 0 Å². The topological polar surface area (TPSA) is 107 Å². The minimum absolute atomic E-state index is 0.0260. The lowest BCUT2D eigenvalue weighted by Gasteiger charge is -2.18. The summed E-state index contributed by atoms with van der Waals surface area (Å²) in [5, 5.41) is 12.9. The highest BCUT2D eigenvalue weighted by Gasteiger charge is 2.16. The number of phenolic OH excluding ortho intramolecular Hbond substituents is 1. The molecule has 1 heterocycles. The number of phenols is 1. The van der Waals surface area contributed by atoms with Crippen molar-refractivity contribution in [2.75, 3.05) is 20.8 Å². The normalized spacial score (nSPS) is 11.7. The molecule has 0 aliphatic carbocycles. The van der Waals surface area contributed by atoms with Gasteiger partial charge in [0, 0.05) is 30.8 Å². The molecular formula is C30H31NO7. The van der Waals surface area contributed by atoms with E-state index in [9.17, 15) is 14.7 Å². The molecule has 8 nitrogen and oxygen atoms in total. The van der Waals surface area contributed by atoms with Gasteiger partial charge < -0.3 is 29.1 Å². The predicted octanol–water partition coefficient (Wildman–Crippen LogP) is 5.09. The lowest BCUT2D eigenvalue weighted by atomic mass is 10.1. The Morgan fingerprint density at radius 1 is 1.05 bits per heavy atom. The van der Waals surface area contributed by atoms with E-state index < -0.39 is 5.43 Å². The Hall–Kier alpha value is -4.46. The highest BCUT2D eigenvalue weighted by atomic mass is 16.5. The van der Waals surface area contributed by atoms with Crippen molar-refractivity contribution in [1.29, 1.82) is 0 Å². The lowest BCUT2D eigenvalue weighted by molar-refractivity contribution is -0.122. The second-order valence-electron chi connectivity index (χ2n) is 8.92. The monoisotopic (exact) mass is 517 g/mol. The molecule has 1 amide bonds. The Morgan fingerprint density at radius 2 is 1.84 bits per heavy atom. The number of rotatable bonds is 11. The number of ether oxygens (including phenoxy) is 3. The number of benzene rings is 3. The largest absolute Gasteiger partial charge is 0.507 e. The van der Waals surface area contributed by atoms with Crippen LogP contribution in [0.3, 0.4) is 0 Å². The summed E-state index contributed by atoms with van der Waals surface area (Å²) in [6.07, 6.45) is 2.73. The zero-order valence-corrected chi connectivity index (χ0v) is 21.7. The standard InChI is InChI=1S/C30H31NO7/c1-19(8-7-11-20-9-5-4-6-10-20)37-27-14-21(12-13-25(27)35-3)26-17-24(33)30-23(32)15-22(16-28(30)38-26)36-18-29(34)31-2/h4-6,9-10,12-17,19,32H,7-8,11,18H2,1-3H3,(H,31,34). The second kappa shape index (κ2) is 12.2. The fourth-order valence-electron chi connectivity index (χ4n) is 4.13. The van der Waals surface area contributed by atoms with E-state index in [4.69, 9.17) is 18.6 Å². The summed E-state index contributed by atoms with van der Waals surface area (Å²) in [7, 11) is 3.06. The Kier molecular flexibility index (Phi) is 8.53. The summed E-state index contributed by atoms with van der Waals surface area (Å²) < 4.78 is 23.1. The third kappa shape index (κ3) is 6.45. The molecule has 4 aromatic rings. The molecule has 1 aromatic heterocycles. The van der Waals surface area contributed by atoms with Gasteiger partial charge in [0.15, 0.2) is 23.5 Å². The van der Waals surface area contributed by atoms with Gasteiger partial charge >= 0.3 is 0 Å². The first-order chi connectivity index (χ1) is 18.4. The molecule has 0 aliphatic heterocycles. The van der Waals surface area contributed by atoms with E-state index in [1.807, 2.05) is 25.1 Å². The third-order valence-corrected chi connectivity index (χ3v) is 6.13. The van der Waals surface area contributed by atoms with Gasteiger partial charge in [0.25, 0.3) is 5.91 Å². The molecule has 0 radical (unpaired) electrons. The summed E-state index contributed by atoms with van der Waals surface area (Å²) in [6.45, 7) is 1.77. The van der Waals surface area contributed by atoms with Crippen molar-refractivity contribution >= 4 is 16.9 Å². The molecule has 2 N–H and O–H groups in total. The number of aromatic hydroxyl groups is 1. The van der Waals surface area contributed by atoms with E-state index >= 15 is 0 Å². The number of methoxy groups -OCH3 is 1. The van der Waals surface area contributed by atoms with Crippen molar-refractivity contribution in [1.82, 2.24) is 5.32 Å². The zero-order valence-electron chi connectivity index (χ0n) is 21.7. The van der Waals surface area contributed by atoms with Crippen molar-refractivity contribution in [3.05, 3.63) is 82.5 Å².